The molecule has 5 atom stereocenters. The molecule has 1 aromatic rings. The van der Waals surface area contributed by atoms with E-state index in [4.69, 9.17) is 4.74 Å². The van der Waals surface area contributed by atoms with Crippen LogP contribution in [0.4, 0.5) is 0 Å². The fraction of sp³-hybridized carbons (Fsp3) is 0.714. The van der Waals surface area contributed by atoms with E-state index in [0.717, 1.165) is 25.9 Å². The molecule has 1 saturated heterocycles. The molecule has 1 aliphatic carbocycles. The molecule has 24 heavy (non-hydrogen) atoms. The number of nitrogens with zero attached hydrogens (tertiary/aromatic N) is 1. The Balaban J connectivity index is 1.76. The SMILES string of the molecule is C[C@@H]1CC[C@@H](C(C)(C)N2C[C@H](C)O[C@@H](c3ccccc3)C2)[C@H](O)C1. The average molecular weight is 332 g/mol. The first-order valence-corrected chi connectivity index (χ1v) is 9.51. The average Bonchev–Trinajstić information content (AvgIpc) is 2.54. The minimum Gasteiger partial charge on any atom is -0.393 e. The molecule has 0 radical (unpaired) electrons. The number of hydrogen-bond donors (Lipinski definition) is 1. The van der Waals surface area contributed by atoms with Crippen molar-refractivity contribution in [2.24, 2.45) is 11.8 Å². The summed E-state index contributed by atoms with van der Waals surface area (Å²) in [7, 11) is 0. The second kappa shape index (κ2) is 7.15. The quantitative estimate of drug-likeness (QED) is 0.908. The third-order valence-corrected chi connectivity index (χ3v) is 6.23. The van der Waals surface area contributed by atoms with Crippen molar-refractivity contribution in [1.82, 2.24) is 4.90 Å². The maximum atomic E-state index is 10.7. The topological polar surface area (TPSA) is 32.7 Å². The number of morpholine rings is 1. The zero-order chi connectivity index (χ0) is 17.3. The fourth-order valence-electron chi connectivity index (χ4n) is 4.68. The molecular weight excluding hydrogens is 298 g/mol. The molecule has 0 spiro atoms. The van der Waals surface area contributed by atoms with Gasteiger partial charge in [0, 0.05) is 24.5 Å². The molecule has 1 N–H and O–H groups in total. The Morgan fingerprint density at radius 1 is 1.08 bits per heavy atom. The summed E-state index contributed by atoms with van der Waals surface area (Å²) in [5.41, 5.74) is 1.24. The third kappa shape index (κ3) is 3.68. The lowest BCUT2D eigenvalue weighted by Crippen LogP contribution is -2.59. The predicted octanol–water partition coefficient (Wildman–Crippen LogP) is 4.02. The van der Waals surface area contributed by atoms with Crippen molar-refractivity contribution in [3.63, 3.8) is 0 Å². The predicted molar refractivity (Wildman–Crippen MR) is 97.9 cm³/mol. The number of benzene rings is 1. The van der Waals surface area contributed by atoms with Gasteiger partial charge >= 0.3 is 0 Å². The lowest BCUT2D eigenvalue weighted by atomic mass is 9.71. The monoisotopic (exact) mass is 331 g/mol. The van der Waals surface area contributed by atoms with Gasteiger partial charge in [-0.2, -0.15) is 0 Å². The molecule has 0 unspecified atom stereocenters. The third-order valence-electron chi connectivity index (χ3n) is 6.23. The van der Waals surface area contributed by atoms with Crippen LogP contribution in [0.2, 0.25) is 0 Å². The van der Waals surface area contributed by atoms with Crippen LogP contribution in [0.1, 0.15) is 58.6 Å². The lowest BCUT2D eigenvalue weighted by molar-refractivity contribution is -0.132. The molecule has 134 valence electrons. The summed E-state index contributed by atoms with van der Waals surface area (Å²) in [4.78, 5) is 2.56. The van der Waals surface area contributed by atoms with Gasteiger partial charge in [-0.3, -0.25) is 4.90 Å². The Morgan fingerprint density at radius 2 is 1.79 bits per heavy atom. The maximum absolute atomic E-state index is 10.7. The van der Waals surface area contributed by atoms with E-state index in [-0.39, 0.29) is 23.9 Å². The second-order valence-electron chi connectivity index (χ2n) is 8.50. The van der Waals surface area contributed by atoms with Gasteiger partial charge in [-0.05, 0) is 45.1 Å². The van der Waals surface area contributed by atoms with Gasteiger partial charge in [-0.25, -0.2) is 0 Å². The van der Waals surface area contributed by atoms with Gasteiger partial charge < -0.3 is 9.84 Å². The highest BCUT2D eigenvalue weighted by atomic mass is 16.5. The van der Waals surface area contributed by atoms with Crippen molar-refractivity contribution in [3.05, 3.63) is 35.9 Å². The van der Waals surface area contributed by atoms with E-state index >= 15 is 0 Å². The number of rotatable bonds is 3. The van der Waals surface area contributed by atoms with Crippen LogP contribution < -0.4 is 0 Å². The van der Waals surface area contributed by atoms with E-state index in [1.165, 1.54) is 12.0 Å². The van der Waals surface area contributed by atoms with Crippen molar-refractivity contribution in [2.75, 3.05) is 13.1 Å². The molecule has 0 amide bonds. The zero-order valence-corrected chi connectivity index (χ0v) is 15.6. The number of hydrogen-bond acceptors (Lipinski definition) is 3. The summed E-state index contributed by atoms with van der Waals surface area (Å²) < 4.78 is 6.22. The highest BCUT2D eigenvalue weighted by molar-refractivity contribution is 5.19. The van der Waals surface area contributed by atoms with E-state index in [2.05, 4.69) is 62.9 Å². The number of aliphatic hydroxyl groups is 1. The lowest BCUT2D eigenvalue weighted by Gasteiger charge is -2.52. The Kier molecular flexibility index (Phi) is 5.33. The zero-order valence-electron chi connectivity index (χ0n) is 15.6. The first-order chi connectivity index (χ1) is 11.4. The summed E-state index contributed by atoms with van der Waals surface area (Å²) in [5, 5.41) is 10.7. The van der Waals surface area contributed by atoms with Crippen LogP contribution in [0.5, 0.6) is 0 Å². The highest BCUT2D eigenvalue weighted by Crippen LogP contribution is 2.40. The van der Waals surface area contributed by atoms with E-state index in [1.807, 2.05) is 0 Å². The minimum atomic E-state index is -0.183. The molecule has 0 aromatic heterocycles. The molecule has 1 heterocycles. The van der Waals surface area contributed by atoms with Crippen molar-refractivity contribution in [3.8, 4) is 0 Å². The van der Waals surface area contributed by atoms with Crippen LogP contribution in [0.15, 0.2) is 30.3 Å². The molecular formula is C21H33NO2. The molecule has 1 saturated carbocycles. The van der Waals surface area contributed by atoms with Crippen LogP contribution in [0, 0.1) is 11.8 Å². The normalized spacial score (nSPS) is 35.8. The molecule has 3 nitrogen and oxygen atoms in total. The second-order valence-corrected chi connectivity index (χ2v) is 8.50. The minimum absolute atomic E-state index is 0.00930. The largest absolute Gasteiger partial charge is 0.393 e. The van der Waals surface area contributed by atoms with Crippen LogP contribution in [-0.2, 0) is 4.74 Å². The summed E-state index contributed by atoms with van der Waals surface area (Å²) in [6.07, 6.45) is 3.44. The van der Waals surface area contributed by atoms with Gasteiger partial charge in [0.25, 0.3) is 0 Å². The molecule has 3 heteroatoms. The molecule has 1 aliphatic heterocycles. The van der Waals surface area contributed by atoms with E-state index in [9.17, 15) is 5.11 Å². The van der Waals surface area contributed by atoms with Gasteiger partial charge in [0.1, 0.15) is 0 Å². The summed E-state index contributed by atoms with van der Waals surface area (Å²) in [6, 6.07) is 10.5. The van der Waals surface area contributed by atoms with Crippen molar-refractivity contribution in [1.29, 1.82) is 0 Å². The number of aliphatic hydroxyl groups excluding tert-OH is 1. The Hall–Kier alpha value is -0.900. The standard InChI is InChI=1S/C21H33NO2/c1-15-10-11-18(19(23)12-15)21(3,4)22-13-16(2)24-20(14-22)17-8-6-5-7-9-17/h5-9,15-16,18-20,23H,10-14H2,1-4H3/t15-,16+,18-,19-,20-/m1/s1. The Bertz CT molecular complexity index is 530. The summed E-state index contributed by atoms with van der Waals surface area (Å²) in [5.74, 6) is 0.989. The van der Waals surface area contributed by atoms with Crippen molar-refractivity contribution < 1.29 is 9.84 Å². The number of ether oxygens (including phenoxy) is 1. The van der Waals surface area contributed by atoms with E-state index < -0.39 is 0 Å². The molecule has 0 bridgehead atoms. The van der Waals surface area contributed by atoms with Gasteiger partial charge in [-0.1, -0.05) is 43.7 Å². The fourth-order valence-corrected chi connectivity index (χ4v) is 4.68. The van der Waals surface area contributed by atoms with Gasteiger partial charge in [0.15, 0.2) is 0 Å². The van der Waals surface area contributed by atoms with Crippen LogP contribution in [0.25, 0.3) is 0 Å². The van der Waals surface area contributed by atoms with Crippen molar-refractivity contribution in [2.45, 2.75) is 70.8 Å². The van der Waals surface area contributed by atoms with E-state index in [1.54, 1.807) is 0 Å². The van der Waals surface area contributed by atoms with Crippen molar-refractivity contribution >= 4 is 0 Å². The smallest absolute Gasteiger partial charge is 0.0956 e. The van der Waals surface area contributed by atoms with Crippen LogP contribution in [0.3, 0.4) is 0 Å². The molecule has 2 aliphatic rings. The maximum Gasteiger partial charge on any atom is 0.0956 e. The molecule has 3 rings (SSSR count). The van der Waals surface area contributed by atoms with Crippen LogP contribution >= 0.6 is 0 Å². The first kappa shape index (κ1) is 17.9. The van der Waals surface area contributed by atoms with Crippen LogP contribution in [-0.4, -0.2) is 40.8 Å². The van der Waals surface area contributed by atoms with Gasteiger partial charge in [0.05, 0.1) is 18.3 Å². The first-order valence-electron chi connectivity index (χ1n) is 9.51. The summed E-state index contributed by atoms with van der Waals surface area (Å²) in [6.45, 7) is 10.9. The summed E-state index contributed by atoms with van der Waals surface area (Å²) >= 11 is 0. The van der Waals surface area contributed by atoms with Gasteiger partial charge in [-0.15, -0.1) is 0 Å². The van der Waals surface area contributed by atoms with Gasteiger partial charge in [0.2, 0.25) is 0 Å². The van der Waals surface area contributed by atoms with E-state index in [0.29, 0.717) is 11.8 Å². The Labute approximate surface area is 147 Å². The molecule has 2 fully saturated rings. The Morgan fingerprint density at radius 3 is 2.46 bits per heavy atom. The molecule has 1 aromatic carbocycles. The highest BCUT2D eigenvalue weighted by Gasteiger charge is 2.44.